The summed E-state index contributed by atoms with van der Waals surface area (Å²) >= 11 is 0. The summed E-state index contributed by atoms with van der Waals surface area (Å²) in [5.74, 6) is 1.75. The molecule has 0 aliphatic carbocycles. The molecule has 3 aromatic rings. The number of amides is 1. The Kier molecular flexibility index (Phi) is 4.15. The van der Waals surface area contributed by atoms with Gasteiger partial charge in [0.25, 0.3) is 5.91 Å². The predicted octanol–water partition coefficient (Wildman–Crippen LogP) is 4.60. The van der Waals surface area contributed by atoms with Crippen LogP contribution in [0.15, 0.2) is 66.7 Å². The van der Waals surface area contributed by atoms with Crippen molar-refractivity contribution >= 4 is 11.6 Å². The fourth-order valence-electron chi connectivity index (χ4n) is 2.49. The maximum Gasteiger partial charge on any atom is 0.255 e. The van der Waals surface area contributed by atoms with E-state index in [1.54, 1.807) is 42.5 Å². The number of halogens is 1. The molecule has 0 fully saturated rings. The van der Waals surface area contributed by atoms with E-state index >= 15 is 0 Å². The Morgan fingerprint density at radius 2 is 1.54 bits per heavy atom. The van der Waals surface area contributed by atoms with Gasteiger partial charge in [-0.2, -0.15) is 0 Å². The lowest BCUT2D eigenvalue weighted by Crippen LogP contribution is -2.11. The van der Waals surface area contributed by atoms with Gasteiger partial charge in [-0.15, -0.1) is 0 Å². The van der Waals surface area contributed by atoms with Crippen LogP contribution in [-0.2, 0) is 0 Å². The van der Waals surface area contributed by atoms with Crippen LogP contribution in [0.5, 0.6) is 23.0 Å². The number of carbonyl (C=O) groups is 1. The zero-order valence-corrected chi connectivity index (χ0v) is 13.6. The molecular formula is C20H14FNO4. The van der Waals surface area contributed by atoms with Gasteiger partial charge in [0.05, 0.1) is 0 Å². The van der Waals surface area contributed by atoms with Crippen LogP contribution >= 0.6 is 0 Å². The summed E-state index contributed by atoms with van der Waals surface area (Å²) in [5.41, 5.74) is 1.10. The van der Waals surface area contributed by atoms with Crippen LogP contribution in [0.2, 0.25) is 0 Å². The maximum absolute atomic E-state index is 12.9. The maximum atomic E-state index is 12.9. The van der Waals surface area contributed by atoms with Gasteiger partial charge in [0.15, 0.2) is 11.5 Å². The average Bonchev–Trinajstić information content (AvgIpc) is 3.12. The molecule has 0 spiro atoms. The third-order valence-corrected chi connectivity index (χ3v) is 3.80. The number of hydrogen-bond donors (Lipinski definition) is 1. The van der Waals surface area contributed by atoms with Crippen molar-refractivity contribution in [2.45, 2.75) is 0 Å². The molecule has 0 saturated heterocycles. The highest BCUT2D eigenvalue weighted by Crippen LogP contribution is 2.34. The lowest BCUT2D eigenvalue weighted by Gasteiger charge is -2.08. The number of benzene rings is 3. The minimum Gasteiger partial charge on any atom is -0.457 e. The summed E-state index contributed by atoms with van der Waals surface area (Å²) in [6, 6.07) is 17.6. The van der Waals surface area contributed by atoms with E-state index in [2.05, 4.69) is 5.32 Å². The second kappa shape index (κ2) is 6.76. The summed E-state index contributed by atoms with van der Waals surface area (Å²) < 4.78 is 29.0. The number of nitrogens with one attached hydrogen (secondary N) is 1. The van der Waals surface area contributed by atoms with Gasteiger partial charge in [0.2, 0.25) is 6.79 Å². The third kappa shape index (κ3) is 3.44. The van der Waals surface area contributed by atoms with E-state index in [4.69, 9.17) is 14.2 Å². The van der Waals surface area contributed by atoms with Gasteiger partial charge in [-0.1, -0.05) is 0 Å². The molecule has 130 valence electrons. The standard InChI is InChI=1S/C20H14FNO4/c21-14-3-8-17(9-4-14)26-16-6-1-13(2-7-16)20(23)22-15-5-10-18-19(11-15)25-12-24-18/h1-11H,12H2,(H,22,23). The number of anilines is 1. The van der Waals surface area contributed by atoms with Gasteiger partial charge in [-0.3, -0.25) is 4.79 Å². The Bertz CT molecular complexity index is 939. The Hall–Kier alpha value is -3.54. The second-order valence-corrected chi connectivity index (χ2v) is 5.60. The van der Waals surface area contributed by atoms with E-state index < -0.39 is 0 Å². The smallest absolute Gasteiger partial charge is 0.255 e. The average molecular weight is 351 g/mol. The molecule has 1 aliphatic rings. The van der Waals surface area contributed by atoms with Crippen LogP contribution in [0.4, 0.5) is 10.1 Å². The fourth-order valence-corrected chi connectivity index (χ4v) is 2.49. The first-order valence-electron chi connectivity index (χ1n) is 7.92. The molecule has 0 atom stereocenters. The van der Waals surface area contributed by atoms with Gasteiger partial charge in [0, 0.05) is 17.3 Å². The summed E-state index contributed by atoms with van der Waals surface area (Å²) in [6.07, 6.45) is 0. The van der Waals surface area contributed by atoms with E-state index in [9.17, 15) is 9.18 Å². The molecule has 0 bridgehead atoms. The van der Waals surface area contributed by atoms with E-state index in [1.165, 1.54) is 24.3 Å². The van der Waals surface area contributed by atoms with Gasteiger partial charge in [-0.25, -0.2) is 4.39 Å². The SMILES string of the molecule is O=C(Nc1ccc2c(c1)OCO2)c1ccc(Oc2ccc(F)cc2)cc1. The Morgan fingerprint density at radius 1 is 0.885 bits per heavy atom. The molecule has 26 heavy (non-hydrogen) atoms. The first-order valence-corrected chi connectivity index (χ1v) is 7.92. The first-order chi connectivity index (χ1) is 12.7. The number of ether oxygens (including phenoxy) is 3. The van der Waals surface area contributed by atoms with E-state index in [1.807, 2.05) is 0 Å². The monoisotopic (exact) mass is 351 g/mol. The highest BCUT2D eigenvalue weighted by atomic mass is 19.1. The molecule has 0 unspecified atom stereocenters. The number of rotatable bonds is 4. The summed E-state index contributed by atoms with van der Waals surface area (Å²) in [6.45, 7) is 0.183. The van der Waals surface area contributed by atoms with Crippen molar-refractivity contribution in [2.75, 3.05) is 12.1 Å². The number of carbonyl (C=O) groups excluding carboxylic acids is 1. The van der Waals surface area contributed by atoms with Crippen molar-refractivity contribution in [1.29, 1.82) is 0 Å². The topological polar surface area (TPSA) is 56.8 Å². The minimum absolute atomic E-state index is 0.183. The second-order valence-electron chi connectivity index (χ2n) is 5.60. The normalized spacial score (nSPS) is 11.9. The van der Waals surface area contributed by atoms with Crippen molar-refractivity contribution in [3.05, 3.63) is 78.1 Å². The molecule has 0 radical (unpaired) electrons. The molecule has 1 N–H and O–H groups in total. The molecule has 5 nitrogen and oxygen atoms in total. The van der Waals surface area contributed by atoms with Crippen LogP contribution in [0.25, 0.3) is 0 Å². The summed E-state index contributed by atoms with van der Waals surface area (Å²) in [4.78, 5) is 12.4. The molecule has 4 rings (SSSR count). The van der Waals surface area contributed by atoms with Crippen molar-refractivity contribution < 1.29 is 23.4 Å². The zero-order valence-electron chi connectivity index (χ0n) is 13.6. The Balaban J connectivity index is 1.42. The van der Waals surface area contributed by atoms with E-state index in [0.29, 0.717) is 34.2 Å². The zero-order chi connectivity index (χ0) is 17.9. The highest BCUT2D eigenvalue weighted by Gasteiger charge is 2.14. The lowest BCUT2D eigenvalue weighted by molar-refractivity contribution is 0.102. The van der Waals surface area contributed by atoms with E-state index in [-0.39, 0.29) is 18.5 Å². The quantitative estimate of drug-likeness (QED) is 0.746. The molecule has 1 heterocycles. The molecule has 0 saturated carbocycles. The molecular weight excluding hydrogens is 337 g/mol. The molecule has 0 aromatic heterocycles. The summed E-state index contributed by atoms with van der Waals surface area (Å²) in [5, 5.41) is 2.81. The van der Waals surface area contributed by atoms with Crippen LogP contribution in [0.1, 0.15) is 10.4 Å². The summed E-state index contributed by atoms with van der Waals surface area (Å²) in [7, 11) is 0. The molecule has 1 amide bonds. The molecule has 6 heteroatoms. The largest absolute Gasteiger partial charge is 0.457 e. The highest BCUT2D eigenvalue weighted by molar-refractivity contribution is 6.04. The molecule has 1 aliphatic heterocycles. The van der Waals surface area contributed by atoms with Crippen molar-refractivity contribution in [3.63, 3.8) is 0 Å². The Labute approximate surface area is 148 Å². The van der Waals surface area contributed by atoms with Crippen LogP contribution in [0, 0.1) is 5.82 Å². The first kappa shape index (κ1) is 16.0. The Morgan fingerprint density at radius 3 is 2.27 bits per heavy atom. The lowest BCUT2D eigenvalue weighted by atomic mass is 10.2. The fraction of sp³-hybridized carbons (Fsp3) is 0.0500. The minimum atomic E-state index is -0.326. The van der Waals surface area contributed by atoms with Crippen molar-refractivity contribution in [1.82, 2.24) is 0 Å². The van der Waals surface area contributed by atoms with E-state index in [0.717, 1.165) is 0 Å². The van der Waals surface area contributed by atoms with Crippen LogP contribution in [-0.4, -0.2) is 12.7 Å². The van der Waals surface area contributed by atoms with Gasteiger partial charge >= 0.3 is 0 Å². The van der Waals surface area contributed by atoms with Gasteiger partial charge in [-0.05, 0) is 60.7 Å². The van der Waals surface area contributed by atoms with Gasteiger partial charge in [0.1, 0.15) is 17.3 Å². The van der Waals surface area contributed by atoms with Crippen molar-refractivity contribution in [2.24, 2.45) is 0 Å². The van der Waals surface area contributed by atoms with Crippen LogP contribution < -0.4 is 19.5 Å². The van der Waals surface area contributed by atoms with Gasteiger partial charge < -0.3 is 19.5 Å². The number of hydrogen-bond acceptors (Lipinski definition) is 4. The molecule has 3 aromatic carbocycles. The third-order valence-electron chi connectivity index (χ3n) is 3.80. The van der Waals surface area contributed by atoms with Crippen molar-refractivity contribution in [3.8, 4) is 23.0 Å². The number of fused-ring (bicyclic) bond motifs is 1. The predicted molar refractivity (Wildman–Crippen MR) is 93.4 cm³/mol. The van der Waals surface area contributed by atoms with Crippen LogP contribution in [0.3, 0.4) is 0 Å².